The van der Waals surface area contributed by atoms with Gasteiger partial charge in [-0.15, -0.1) is 0 Å². The summed E-state index contributed by atoms with van der Waals surface area (Å²) >= 11 is 0. The molecule has 22 heavy (non-hydrogen) atoms. The van der Waals surface area contributed by atoms with Crippen LogP contribution in [0, 0.1) is 20.8 Å². The molecule has 0 bridgehead atoms. The second-order valence-corrected chi connectivity index (χ2v) is 6.35. The Hall–Kier alpha value is -1.53. The maximum atomic E-state index is 13.0. The molecule has 1 amide bonds. The number of aryl methyl sites for hydroxylation is 3. The third-order valence-electron chi connectivity index (χ3n) is 4.73. The summed E-state index contributed by atoms with van der Waals surface area (Å²) in [6.07, 6.45) is 1.12. The first-order valence-corrected chi connectivity index (χ1v) is 7.90. The minimum Gasteiger partial charge on any atom is -0.374 e. The number of morpholine rings is 1. The molecule has 6 heteroatoms. The highest BCUT2D eigenvalue weighted by atomic mass is 16.5. The van der Waals surface area contributed by atoms with Gasteiger partial charge in [-0.1, -0.05) is 0 Å². The molecule has 2 aliphatic rings. The number of likely N-dealkylation sites (N-methyl/N-ethyl adjacent to an activating group) is 1. The first kappa shape index (κ1) is 15.4. The quantitative estimate of drug-likeness (QED) is 0.773. The van der Waals surface area contributed by atoms with Crippen LogP contribution in [-0.4, -0.2) is 71.1 Å². The molecule has 3 rings (SSSR count). The number of hydrogen-bond donors (Lipinski definition) is 0. The third-order valence-corrected chi connectivity index (χ3v) is 4.73. The minimum absolute atomic E-state index is 0.0123. The lowest BCUT2D eigenvalue weighted by molar-refractivity contribution is -0.0871. The van der Waals surface area contributed by atoms with E-state index in [9.17, 15) is 4.79 Å². The molecule has 0 radical (unpaired) electrons. The number of piperidine rings is 1. The molecule has 1 aromatic rings. The number of ether oxygens (including phenoxy) is 1. The van der Waals surface area contributed by atoms with Crippen LogP contribution in [0.25, 0.3) is 0 Å². The van der Waals surface area contributed by atoms with Crippen molar-refractivity contribution in [3.63, 3.8) is 0 Å². The summed E-state index contributed by atoms with van der Waals surface area (Å²) in [5, 5.41) is 0. The van der Waals surface area contributed by atoms with Crippen molar-refractivity contribution in [2.45, 2.75) is 39.3 Å². The number of amides is 1. The number of nitrogens with zero attached hydrogens (tertiary/aromatic N) is 4. The van der Waals surface area contributed by atoms with Gasteiger partial charge < -0.3 is 14.5 Å². The van der Waals surface area contributed by atoms with E-state index < -0.39 is 0 Å². The summed E-state index contributed by atoms with van der Waals surface area (Å²) < 4.78 is 5.86. The third kappa shape index (κ3) is 2.73. The summed E-state index contributed by atoms with van der Waals surface area (Å²) in [6.45, 7) is 8.78. The molecule has 2 fully saturated rings. The number of likely N-dealkylation sites (tertiary alicyclic amines) is 1. The average molecular weight is 304 g/mol. The first-order chi connectivity index (χ1) is 10.5. The summed E-state index contributed by atoms with van der Waals surface area (Å²) in [4.78, 5) is 26.1. The Morgan fingerprint density at radius 3 is 2.64 bits per heavy atom. The summed E-state index contributed by atoms with van der Waals surface area (Å²) in [6, 6.07) is 0.114. The summed E-state index contributed by atoms with van der Waals surface area (Å²) in [7, 11) is 2.09. The van der Waals surface area contributed by atoms with Gasteiger partial charge in [0, 0.05) is 19.6 Å². The normalized spacial score (nSPS) is 25.9. The highest BCUT2D eigenvalue weighted by Gasteiger charge is 2.39. The molecule has 2 aliphatic heterocycles. The van der Waals surface area contributed by atoms with Gasteiger partial charge in [-0.05, 0) is 34.2 Å². The topological polar surface area (TPSA) is 58.6 Å². The number of rotatable bonds is 1. The molecule has 0 saturated carbocycles. The first-order valence-electron chi connectivity index (χ1n) is 7.90. The Balaban J connectivity index is 1.89. The van der Waals surface area contributed by atoms with Crippen molar-refractivity contribution in [2.24, 2.45) is 0 Å². The molecule has 3 heterocycles. The van der Waals surface area contributed by atoms with E-state index >= 15 is 0 Å². The molecule has 0 unspecified atom stereocenters. The van der Waals surface area contributed by atoms with Crippen molar-refractivity contribution in [3.8, 4) is 0 Å². The molecule has 0 spiro atoms. The van der Waals surface area contributed by atoms with Crippen molar-refractivity contribution in [1.29, 1.82) is 0 Å². The Bertz CT molecular complexity index is 590. The van der Waals surface area contributed by atoms with E-state index in [1.165, 1.54) is 0 Å². The molecule has 120 valence electrons. The van der Waals surface area contributed by atoms with Crippen molar-refractivity contribution in [3.05, 3.63) is 22.8 Å². The number of carbonyl (C=O) groups excluding carboxylic acids is 1. The van der Waals surface area contributed by atoms with E-state index in [0.29, 0.717) is 24.5 Å². The van der Waals surface area contributed by atoms with Gasteiger partial charge in [0.25, 0.3) is 5.91 Å². The van der Waals surface area contributed by atoms with Crippen LogP contribution in [0.2, 0.25) is 0 Å². The average Bonchev–Trinajstić information content (AvgIpc) is 2.49. The fourth-order valence-electron chi connectivity index (χ4n) is 3.34. The minimum atomic E-state index is -0.0123. The largest absolute Gasteiger partial charge is 0.374 e. The van der Waals surface area contributed by atoms with Gasteiger partial charge in [0.05, 0.1) is 35.8 Å². The molecule has 1 aromatic heterocycles. The molecule has 0 aromatic carbocycles. The van der Waals surface area contributed by atoms with Crippen molar-refractivity contribution < 1.29 is 9.53 Å². The van der Waals surface area contributed by atoms with E-state index in [0.717, 1.165) is 30.9 Å². The Labute approximate surface area is 131 Å². The molecule has 0 N–H and O–H groups in total. The van der Waals surface area contributed by atoms with Crippen LogP contribution in [0.1, 0.15) is 34.0 Å². The standard InChI is InChI=1S/C16H24N4O2/c1-10-11(2)18-15(12(3)17-10)16(21)20-7-8-22-14-5-6-19(4)9-13(14)20/h13-14H,5-9H2,1-4H3/t13-,14+/m1/s1. The predicted octanol–water partition coefficient (Wildman–Crippen LogP) is 0.947. The van der Waals surface area contributed by atoms with Crippen LogP contribution in [0.4, 0.5) is 0 Å². The van der Waals surface area contributed by atoms with E-state index in [2.05, 4.69) is 21.9 Å². The Kier molecular flexibility index (Phi) is 4.14. The van der Waals surface area contributed by atoms with E-state index in [-0.39, 0.29) is 18.1 Å². The van der Waals surface area contributed by atoms with Gasteiger partial charge in [-0.25, -0.2) is 4.98 Å². The fourth-order valence-corrected chi connectivity index (χ4v) is 3.34. The van der Waals surface area contributed by atoms with Gasteiger partial charge in [0.1, 0.15) is 5.69 Å². The highest BCUT2D eigenvalue weighted by molar-refractivity contribution is 5.93. The van der Waals surface area contributed by atoms with Crippen LogP contribution in [0.5, 0.6) is 0 Å². The van der Waals surface area contributed by atoms with Crippen molar-refractivity contribution in [2.75, 3.05) is 33.3 Å². The zero-order valence-electron chi connectivity index (χ0n) is 13.8. The second kappa shape index (κ2) is 5.93. The Morgan fingerprint density at radius 1 is 1.14 bits per heavy atom. The predicted molar refractivity (Wildman–Crippen MR) is 82.9 cm³/mol. The van der Waals surface area contributed by atoms with E-state index in [1.807, 2.05) is 25.7 Å². The second-order valence-electron chi connectivity index (χ2n) is 6.35. The number of carbonyl (C=O) groups is 1. The zero-order valence-corrected chi connectivity index (χ0v) is 13.8. The maximum Gasteiger partial charge on any atom is 0.274 e. The number of hydrogen-bond acceptors (Lipinski definition) is 5. The van der Waals surface area contributed by atoms with Crippen LogP contribution in [0.15, 0.2) is 0 Å². The number of fused-ring (bicyclic) bond motifs is 1. The lowest BCUT2D eigenvalue weighted by Gasteiger charge is -2.46. The zero-order chi connectivity index (χ0) is 15.9. The monoisotopic (exact) mass is 304 g/mol. The molecule has 6 nitrogen and oxygen atoms in total. The lowest BCUT2D eigenvalue weighted by Crippen LogP contribution is -2.61. The maximum absolute atomic E-state index is 13.0. The molecular weight excluding hydrogens is 280 g/mol. The summed E-state index contributed by atoms with van der Waals surface area (Å²) in [5.74, 6) is -0.0123. The molecule has 0 aliphatic carbocycles. The van der Waals surface area contributed by atoms with Crippen LogP contribution < -0.4 is 0 Å². The van der Waals surface area contributed by atoms with Crippen LogP contribution in [-0.2, 0) is 4.74 Å². The van der Waals surface area contributed by atoms with Crippen LogP contribution >= 0.6 is 0 Å². The van der Waals surface area contributed by atoms with Gasteiger partial charge in [-0.2, -0.15) is 0 Å². The van der Waals surface area contributed by atoms with Crippen LogP contribution in [0.3, 0.4) is 0 Å². The van der Waals surface area contributed by atoms with Gasteiger partial charge in [-0.3, -0.25) is 9.78 Å². The molecular formula is C16H24N4O2. The fraction of sp³-hybridized carbons (Fsp3) is 0.688. The number of aromatic nitrogens is 2. The summed E-state index contributed by atoms with van der Waals surface area (Å²) in [5.41, 5.74) is 2.89. The van der Waals surface area contributed by atoms with E-state index in [1.54, 1.807) is 0 Å². The SMILES string of the molecule is Cc1nc(C)c(C(=O)N2CCO[C@H]3CCN(C)C[C@H]32)nc1C. The van der Waals surface area contributed by atoms with Gasteiger partial charge in [0.15, 0.2) is 0 Å². The van der Waals surface area contributed by atoms with Crippen molar-refractivity contribution in [1.82, 2.24) is 19.8 Å². The smallest absolute Gasteiger partial charge is 0.274 e. The van der Waals surface area contributed by atoms with Gasteiger partial charge >= 0.3 is 0 Å². The van der Waals surface area contributed by atoms with E-state index in [4.69, 9.17) is 4.74 Å². The highest BCUT2D eigenvalue weighted by Crippen LogP contribution is 2.24. The molecule has 2 saturated heterocycles. The lowest BCUT2D eigenvalue weighted by atomic mass is 9.98. The Morgan fingerprint density at radius 2 is 1.86 bits per heavy atom. The molecule has 2 atom stereocenters. The van der Waals surface area contributed by atoms with Gasteiger partial charge in [0.2, 0.25) is 0 Å². The van der Waals surface area contributed by atoms with Crippen molar-refractivity contribution >= 4 is 5.91 Å².